The average Bonchev–Trinajstić information content (AvgIpc) is 2.57. The number of guanidine groups is 1. The highest BCUT2D eigenvalue weighted by Crippen LogP contribution is 2.15. The minimum atomic E-state index is 0.463. The molecule has 0 fully saturated rings. The van der Waals surface area contributed by atoms with Gasteiger partial charge in [0.2, 0.25) is 0 Å². The van der Waals surface area contributed by atoms with E-state index in [-0.39, 0.29) is 0 Å². The lowest BCUT2D eigenvalue weighted by Crippen LogP contribution is -2.33. The number of hydrogen-bond donors (Lipinski definition) is 2. The molecule has 0 atom stereocenters. The number of aliphatic imine (C=N–C) groups is 1. The van der Waals surface area contributed by atoms with Gasteiger partial charge in [-0.2, -0.15) is 0 Å². The van der Waals surface area contributed by atoms with Gasteiger partial charge in [-0.25, -0.2) is 0 Å². The smallest absolute Gasteiger partial charge is 0.188 e. The van der Waals surface area contributed by atoms with Gasteiger partial charge in [-0.1, -0.05) is 41.9 Å². The summed E-state index contributed by atoms with van der Waals surface area (Å²) in [5.41, 5.74) is 8.18. The first-order valence-electron chi connectivity index (χ1n) is 7.59. The van der Waals surface area contributed by atoms with E-state index in [2.05, 4.69) is 10.3 Å². The van der Waals surface area contributed by atoms with Crippen LogP contribution in [0.3, 0.4) is 0 Å². The highest BCUT2D eigenvalue weighted by Gasteiger charge is 1.99. The number of nitrogens with zero attached hydrogens (tertiary/aromatic N) is 1. The van der Waals surface area contributed by atoms with Crippen LogP contribution in [-0.4, -0.2) is 26.2 Å². The van der Waals surface area contributed by atoms with Crippen molar-refractivity contribution in [1.82, 2.24) is 5.32 Å². The molecule has 2 aromatic carbocycles. The lowest BCUT2D eigenvalue weighted by molar-refractivity contribution is 0.414. The predicted molar refractivity (Wildman–Crippen MR) is 96.3 cm³/mol. The lowest BCUT2D eigenvalue weighted by Gasteiger charge is -2.07. The van der Waals surface area contributed by atoms with Crippen molar-refractivity contribution in [1.29, 1.82) is 0 Å². The molecule has 5 heteroatoms. The van der Waals surface area contributed by atoms with E-state index in [9.17, 15) is 0 Å². The summed E-state index contributed by atoms with van der Waals surface area (Å²) in [4.78, 5) is 4.32. The molecular formula is C18H22ClN3O. The third kappa shape index (κ3) is 5.83. The van der Waals surface area contributed by atoms with Crippen LogP contribution in [0.15, 0.2) is 53.5 Å². The molecule has 0 radical (unpaired) electrons. The molecule has 0 aliphatic rings. The first-order valence-corrected chi connectivity index (χ1v) is 7.97. The summed E-state index contributed by atoms with van der Waals surface area (Å²) in [6, 6.07) is 15.8. The van der Waals surface area contributed by atoms with Crippen LogP contribution in [0.2, 0.25) is 5.02 Å². The van der Waals surface area contributed by atoms with E-state index >= 15 is 0 Å². The highest BCUT2D eigenvalue weighted by molar-refractivity contribution is 6.31. The van der Waals surface area contributed by atoms with E-state index in [1.165, 1.54) is 5.56 Å². The molecule has 122 valence electrons. The second-order valence-electron chi connectivity index (χ2n) is 5.13. The molecule has 4 nitrogen and oxygen atoms in total. The summed E-state index contributed by atoms with van der Waals surface area (Å²) in [7, 11) is 1.66. The SMILES string of the molecule is COc1ccc(CCNC(N)=NCCc2ccccc2Cl)cc1. The molecule has 3 N–H and O–H groups in total. The van der Waals surface area contributed by atoms with Crippen LogP contribution in [0.1, 0.15) is 11.1 Å². The number of ether oxygens (including phenoxy) is 1. The standard InChI is InChI=1S/C18H22ClN3O/c1-23-16-8-6-14(7-9-16)10-12-21-18(20)22-13-11-15-4-2-3-5-17(15)19/h2-9H,10-13H2,1H3,(H3,20,21,22). The van der Waals surface area contributed by atoms with Gasteiger partial charge in [-0.05, 0) is 42.2 Å². The summed E-state index contributed by atoms with van der Waals surface area (Å²) in [5.74, 6) is 1.33. The molecule has 0 saturated heterocycles. The van der Waals surface area contributed by atoms with Crippen LogP contribution in [0.4, 0.5) is 0 Å². The second-order valence-corrected chi connectivity index (χ2v) is 5.54. The van der Waals surface area contributed by atoms with Crippen molar-refractivity contribution >= 4 is 17.6 Å². The van der Waals surface area contributed by atoms with Crippen molar-refractivity contribution in [3.8, 4) is 5.75 Å². The van der Waals surface area contributed by atoms with Crippen molar-refractivity contribution in [3.63, 3.8) is 0 Å². The molecular weight excluding hydrogens is 310 g/mol. The van der Waals surface area contributed by atoms with E-state index in [0.29, 0.717) is 12.5 Å². The van der Waals surface area contributed by atoms with Gasteiger partial charge >= 0.3 is 0 Å². The van der Waals surface area contributed by atoms with Crippen molar-refractivity contribution < 1.29 is 4.74 Å². The Labute approximate surface area is 142 Å². The minimum Gasteiger partial charge on any atom is -0.497 e. The zero-order chi connectivity index (χ0) is 16.5. The lowest BCUT2D eigenvalue weighted by atomic mass is 10.1. The molecule has 0 unspecified atom stereocenters. The molecule has 0 heterocycles. The van der Waals surface area contributed by atoms with Crippen LogP contribution < -0.4 is 15.8 Å². The second kappa shape index (κ2) is 9.06. The fourth-order valence-electron chi connectivity index (χ4n) is 2.18. The van der Waals surface area contributed by atoms with Gasteiger partial charge in [0.05, 0.1) is 7.11 Å². The van der Waals surface area contributed by atoms with Crippen LogP contribution in [0.25, 0.3) is 0 Å². The van der Waals surface area contributed by atoms with Gasteiger partial charge in [-0.3, -0.25) is 4.99 Å². The first-order chi connectivity index (χ1) is 11.2. The van der Waals surface area contributed by atoms with E-state index < -0.39 is 0 Å². The maximum Gasteiger partial charge on any atom is 0.188 e. The predicted octanol–water partition coefficient (Wildman–Crippen LogP) is 3.04. The molecule has 0 aliphatic carbocycles. The average molecular weight is 332 g/mol. The number of benzene rings is 2. The molecule has 0 spiro atoms. The molecule has 0 amide bonds. The largest absolute Gasteiger partial charge is 0.497 e. The summed E-state index contributed by atoms with van der Waals surface area (Å²) >= 11 is 6.11. The molecule has 0 bridgehead atoms. The number of nitrogens with one attached hydrogen (secondary N) is 1. The Balaban J connectivity index is 1.71. The van der Waals surface area contributed by atoms with Crippen LogP contribution in [-0.2, 0) is 12.8 Å². The summed E-state index contributed by atoms with van der Waals surface area (Å²) in [6.45, 7) is 1.36. The molecule has 0 saturated carbocycles. The Hall–Kier alpha value is -2.20. The summed E-state index contributed by atoms with van der Waals surface area (Å²) in [5, 5.41) is 3.90. The number of methoxy groups -OCH3 is 1. The van der Waals surface area contributed by atoms with Crippen molar-refractivity contribution in [2.75, 3.05) is 20.2 Å². The Kier molecular flexibility index (Phi) is 6.76. The van der Waals surface area contributed by atoms with Crippen molar-refractivity contribution in [3.05, 3.63) is 64.7 Å². The normalized spacial score (nSPS) is 11.3. The van der Waals surface area contributed by atoms with Gasteiger partial charge in [0.25, 0.3) is 0 Å². The summed E-state index contributed by atoms with van der Waals surface area (Å²) < 4.78 is 5.14. The van der Waals surface area contributed by atoms with E-state index in [1.807, 2.05) is 48.5 Å². The third-order valence-electron chi connectivity index (χ3n) is 3.50. The maximum atomic E-state index is 6.11. The molecule has 0 aromatic heterocycles. The fraction of sp³-hybridized carbons (Fsp3) is 0.278. The number of halogens is 1. The van der Waals surface area contributed by atoms with Crippen molar-refractivity contribution in [2.45, 2.75) is 12.8 Å². The van der Waals surface area contributed by atoms with Gasteiger partial charge in [-0.15, -0.1) is 0 Å². The topological polar surface area (TPSA) is 59.6 Å². The first kappa shape index (κ1) is 17.2. The number of hydrogen-bond acceptors (Lipinski definition) is 2. The molecule has 2 rings (SSSR count). The number of rotatable bonds is 7. The summed E-state index contributed by atoms with van der Waals surface area (Å²) in [6.07, 6.45) is 1.66. The molecule has 23 heavy (non-hydrogen) atoms. The van der Waals surface area contributed by atoms with Gasteiger partial charge in [0.15, 0.2) is 5.96 Å². The fourth-order valence-corrected chi connectivity index (χ4v) is 2.41. The van der Waals surface area contributed by atoms with Gasteiger partial charge in [0.1, 0.15) is 5.75 Å². The van der Waals surface area contributed by atoms with Crippen LogP contribution in [0, 0.1) is 0 Å². The Morgan fingerprint density at radius 2 is 1.87 bits per heavy atom. The monoisotopic (exact) mass is 331 g/mol. The van der Waals surface area contributed by atoms with Gasteiger partial charge < -0.3 is 15.8 Å². The zero-order valence-electron chi connectivity index (χ0n) is 13.3. The minimum absolute atomic E-state index is 0.463. The Bertz CT molecular complexity index is 641. The quantitative estimate of drug-likeness (QED) is 0.605. The van der Waals surface area contributed by atoms with E-state index in [0.717, 1.165) is 35.7 Å². The van der Waals surface area contributed by atoms with E-state index in [1.54, 1.807) is 7.11 Å². The maximum absolute atomic E-state index is 6.11. The van der Waals surface area contributed by atoms with E-state index in [4.69, 9.17) is 22.1 Å². The highest BCUT2D eigenvalue weighted by atomic mass is 35.5. The molecule has 0 aliphatic heterocycles. The van der Waals surface area contributed by atoms with Gasteiger partial charge in [0, 0.05) is 18.1 Å². The van der Waals surface area contributed by atoms with Crippen LogP contribution >= 0.6 is 11.6 Å². The Morgan fingerprint density at radius 3 is 2.57 bits per heavy atom. The zero-order valence-corrected chi connectivity index (χ0v) is 14.0. The molecule has 2 aromatic rings. The Morgan fingerprint density at radius 1 is 1.13 bits per heavy atom. The third-order valence-corrected chi connectivity index (χ3v) is 3.87. The van der Waals surface area contributed by atoms with Crippen molar-refractivity contribution in [2.24, 2.45) is 10.7 Å². The number of nitrogens with two attached hydrogens (primary N) is 1. The van der Waals surface area contributed by atoms with Crippen LogP contribution in [0.5, 0.6) is 5.75 Å².